The molecule has 0 N–H and O–H groups in total. The molecule has 0 radical (unpaired) electrons. The minimum Gasteiger partial charge on any atom is -0.308 e. The predicted molar refractivity (Wildman–Crippen MR) is 62.5 cm³/mol. The van der Waals surface area contributed by atoms with Gasteiger partial charge in [-0.1, -0.05) is 12.2 Å². The number of rotatable bonds is 5. The Morgan fingerprint density at radius 1 is 1.14 bits per heavy atom. The molecule has 14 heavy (non-hydrogen) atoms. The standard InChI is InChI=1S/C12H24N2/c1-13(2)9-10-14(3)11-12-7-5-4-6-8-12/h4-5,12H,6-11H2,1-3H3/t12-/m1/s1. The van der Waals surface area contributed by atoms with Gasteiger partial charge < -0.3 is 9.80 Å². The van der Waals surface area contributed by atoms with Gasteiger partial charge in [0.2, 0.25) is 0 Å². The molecule has 0 heterocycles. The molecule has 0 aromatic rings. The van der Waals surface area contributed by atoms with Crippen LogP contribution in [-0.2, 0) is 0 Å². The summed E-state index contributed by atoms with van der Waals surface area (Å²) in [6.45, 7) is 3.62. The first-order valence-electron chi connectivity index (χ1n) is 5.66. The molecule has 0 bridgehead atoms. The molecule has 0 aromatic carbocycles. The highest BCUT2D eigenvalue weighted by atomic mass is 15.1. The van der Waals surface area contributed by atoms with E-state index in [0.717, 1.165) is 5.92 Å². The second kappa shape index (κ2) is 6.20. The van der Waals surface area contributed by atoms with Gasteiger partial charge in [0, 0.05) is 19.6 Å². The summed E-state index contributed by atoms with van der Waals surface area (Å²) >= 11 is 0. The van der Waals surface area contributed by atoms with Crippen molar-refractivity contribution in [1.29, 1.82) is 0 Å². The lowest BCUT2D eigenvalue weighted by Crippen LogP contribution is -2.32. The number of allylic oxidation sites excluding steroid dienone is 2. The highest BCUT2D eigenvalue weighted by Gasteiger charge is 2.11. The van der Waals surface area contributed by atoms with Crippen molar-refractivity contribution in [2.24, 2.45) is 5.92 Å². The molecule has 0 aliphatic heterocycles. The van der Waals surface area contributed by atoms with Gasteiger partial charge in [-0.25, -0.2) is 0 Å². The highest BCUT2D eigenvalue weighted by molar-refractivity contribution is 4.90. The van der Waals surface area contributed by atoms with Crippen molar-refractivity contribution in [3.63, 3.8) is 0 Å². The van der Waals surface area contributed by atoms with Crippen LogP contribution in [-0.4, -0.2) is 50.6 Å². The Bertz CT molecular complexity index is 175. The lowest BCUT2D eigenvalue weighted by molar-refractivity contribution is 0.239. The maximum absolute atomic E-state index is 2.46. The van der Waals surface area contributed by atoms with Gasteiger partial charge in [0.25, 0.3) is 0 Å². The van der Waals surface area contributed by atoms with Crippen LogP contribution in [0.25, 0.3) is 0 Å². The van der Waals surface area contributed by atoms with Gasteiger partial charge in [-0.15, -0.1) is 0 Å². The van der Waals surface area contributed by atoms with Gasteiger partial charge in [0.1, 0.15) is 0 Å². The Kier molecular flexibility index (Phi) is 5.20. The summed E-state index contributed by atoms with van der Waals surface area (Å²) in [5.41, 5.74) is 0. The van der Waals surface area contributed by atoms with Gasteiger partial charge in [-0.05, 0) is 46.3 Å². The van der Waals surface area contributed by atoms with Crippen molar-refractivity contribution in [2.75, 3.05) is 40.8 Å². The Hall–Kier alpha value is -0.340. The molecule has 2 nitrogen and oxygen atoms in total. The van der Waals surface area contributed by atoms with Crippen LogP contribution in [0.1, 0.15) is 19.3 Å². The maximum atomic E-state index is 2.46. The molecule has 82 valence electrons. The molecule has 0 saturated carbocycles. The van der Waals surface area contributed by atoms with Gasteiger partial charge >= 0.3 is 0 Å². The molecule has 2 heteroatoms. The van der Waals surface area contributed by atoms with E-state index in [0.29, 0.717) is 0 Å². The van der Waals surface area contributed by atoms with E-state index in [1.807, 2.05) is 0 Å². The zero-order valence-electron chi connectivity index (χ0n) is 9.87. The van der Waals surface area contributed by atoms with Crippen LogP contribution in [0.2, 0.25) is 0 Å². The molecule has 0 amide bonds. The first kappa shape index (κ1) is 11.7. The Labute approximate surface area is 88.6 Å². The maximum Gasteiger partial charge on any atom is 0.0106 e. The molecule has 1 aliphatic rings. The van der Waals surface area contributed by atoms with Crippen LogP contribution >= 0.6 is 0 Å². The second-order valence-electron chi connectivity index (χ2n) is 4.72. The fourth-order valence-electron chi connectivity index (χ4n) is 1.92. The summed E-state index contributed by atoms with van der Waals surface area (Å²) in [6.07, 6.45) is 8.60. The van der Waals surface area contributed by atoms with Gasteiger partial charge in [0.15, 0.2) is 0 Å². The summed E-state index contributed by atoms with van der Waals surface area (Å²) in [5, 5.41) is 0. The molecule has 1 rings (SSSR count). The largest absolute Gasteiger partial charge is 0.308 e. The van der Waals surface area contributed by atoms with Crippen LogP contribution < -0.4 is 0 Å². The van der Waals surface area contributed by atoms with Crippen LogP contribution in [0.15, 0.2) is 12.2 Å². The quantitative estimate of drug-likeness (QED) is 0.619. The summed E-state index contributed by atoms with van der Waals surface area (Å²) < 4.78 is 0. The highest BCUT2D eigenvalue weighted by Crippen LogP contribution is 2.18. The third-order valence-corrected chi connectivity index (χ3v) is 2.88. The number of nitrogens with zero attached hydrogens (tertiary/aromatic N) is 2. The van der Waals surface area contributed by atoms with Gasteiger partial charge in [-0.2, -0.15) is 0 Å². The third-order valence-electron chi connectivity index (χ3n) is 2.88. The number of hydrogen-bond acceptors (Lipinski definition) is 2. The SMILES string of the molecule is CN(C)CCN(C)C[C@@H]1CC=CCC1. The van der Waals surface area contributed by atoms with Crippen molar-refractivity contribution in [3.05, 3.63) is 12.2 Å². The van der Waals surface area contributed by atoms with E-state index in [9.17, 15) is 0 Å². The zero-order chi connectivity index (χ0) is 10.4. The van der Waals surface area contributed by atoms with E-state index in [1.165, 1.54) is 38.9 Å². The average Bonchev–Trinajstić information content (AvgIpc) is 2.16. The first-order valence-corrected chi connectivity index (χ1v) is 5.66. The van der Waals surface area contributed by atoms with E-state index in [2.05, 4.69) is 43.1 Å². The molecular weight excluding hydrogens is 172 g/mol. The molecule has 0 aromatic heterocycles. The van der Waals surface area contributed by atoms with Crippen molar-refractivity contribution in [3.8, 4) is 0 Å². The third kappa shape index (κ3) is 4.77. The summed E-state index contributed by atoms with van der Waals surface area (Å²) in [7, 11) is 6.51. The van der Waals surface area contributed by atoms with Gasteiger partial charge in [0.05, 0.1) is 0 Å². The number of hydrogen-bond donors (Lipinski definition) is 0. The van der Waals surface area contributed by atoms with Crippen molar-refractivity contribution in [1.82, 2.24) is 9.80 Å². The van der Waals surface area contributed by atoms with Crippen molar-refractivity contribution < 1.29 is 0 Å². The van der Waals surface area contributed by atoms with E-state index >= 15 is 0 Å². The van der Waals surface area contributed by atoms with E-state index in [-0.39, 0.29) is 0 Å². The fraction of sp³-hybridized carbons (Fsp3) is 0.833. The lowest BCUT2D eigenvalue weighted by Gasteiger charge is -2.25. The molecule has 0 unspecified atom stereocenters. The average molecular weight is 196 g/mol. The normalized spacial score (nSPS) is 22.2. The summed E-state index contributed by atoms with van der Waals surface area (Å²) in [4.78, 5) is 4.71. The topological polar surface area (TPSA) is 6.48 Å². The minimum atomic E-state index is 0.896. The van der Waals surface area contributed by atoms with Crippen LogP contribution in [0.4, 0.5) is 0 Å². The fourth-order valence-corrected chi connectivity index (χ4v) is 1.92. The second-order valence-corrected chi connectivity index (χ2v) is 4.72. The molecule has 0 saturated heterocycles. The zero-order valence-corrected chi connectivity index (χ0v) is 9.87. The minimum absolute atomic E-state index is 0.896. The van der Waals surface area contributed by atoms with Crippen LogP contribution in [0, 0.1) is 5.92 Å². The Morgan fingerprint density at radius 2 is 1.93 bits per heavy atom. The smallest absolute Gasteiger partial charge is 0.0106 e. The molecular formula is C12H24N2. The summed E-state index contributed by atoms with van der Waals surface area (Å²) in [6, 6.07) is 0. The molecule has 0 fully saturated rings. The van der Waals surface area contributed by atoms with Gasteiger partial charge in [-0.3, -0.25) is 0 Å². The van der Waals surface area contributed by atoms with Crippen molar-refractivity contribution in [2.45, 2.75) is 19.3 Å². The van der Waals surface area contributed by atoms with E-state index in [1.54, 1.807) is 0 Å². The monoisotopic (exact) mass is 196 g/mol. The van der Waals surface area contributed by atoms with Crippen LogP contribution in [0.3, 0.4) is 0 Å². The van der Waals surface area contributed by atoms with E-state index < -0.39 is 0 Å². The molecule has 1 atom stereocenters. The lowest BCUT2D eigenvalue weighted by atomic mass is 9.94. The predicted octanol–water partition coefficient (Wildman–Crippen LogP) is 1.84. The Balaban J connectivity index is 2.12. The van der Waals surface area contributed by atoms with Crippen LogP contribution in [0.5, 0.6) is 0 Å². The van der Waals surface area contributed by atoms with E-state index in [4.69, 9.17) is 0 Å². The summed E-state index contributed by atoms with van der Waals surface area (Å²) in [5.74, 6) is 0.896. The van der Waals surface area contributed by atoms with Crippen molar-refractivity contribution >= 4 is 0 Å². The number of likely N-dealkylation sites (N-methyl/N-ethyl adjacent to an activating group) is 2. The Morgan fingerprint density at radius 3 is 2.50 bits per heavy atom. The molecule has 0 spiro atoms. The first-order chi connectivity index (χ1) is 6.68. The molecule has 1 aliphatic carbocycles.